The normalized spacial score (nSPS) is 8.72. The number of aromatic nitrogens is 3. The molecule has 0 aliphatic carbocycles. The van der Waals surface area contributed by atoms with Crippen LogP contribution in [0.5, 0.6) is 11.5 Å². The Morgan fingerprint density at radius 3 is 2.16 bits per heavy atom. The van der Waals surface area contributed by atoms with E-state index < -0.39 is 0 Å². The Balaban J connectivity index is 0.000000388. The largest absolute Gasteiger partial charge is 1.00 e. The van der Waals surface area contributed by atoms with Gasteiger partial charge in [0.15, 0.2) is 5.52 Å². The van der Waals surface area contributed by atoms with Crippen molar-refractivity contribution in [3.8, 4) is 11.5 Å². The predicted molar refractivity (Wildman–Crippen MR) is 91.4 cm³/mol. The van der Waals surface area contributed by atoms with Crippen molar-refractivity contribution in [1.82, 2.24) is 15.4 Å². The van der Waals surface area contributed by atoms with Crippen LogP contribution < -0.4 is 50.5 Å². The van der Waals surface area contributed by atoms with E-state index in [-0.39, 0.29) is 29.6 Å². The molecule has 128 valence electrons. The van der Waals surface area contributed by atoms with Crippen molar-refractivity contribution >= 4 is 22.4 Å². The average Bonchev–Trinajstić information content (AvgIpc) is 3.07. The molecule has 0 atom stereocenters. The minimum Gasteiger partial charge on any atom is -0.495 e. The molecule has 1 heterocycles. The van der Waals surface area contributed by atoms with Crippen LogP contribution in [0.1, 0.15) is 0 Å². The summed E-state index contributed by atoms with van der Waals surface area (Å²) in [6.45, 7) is 0. The van der Waals surface area contributed by atoms with Gasteiger partial charge < -0.3 is 31.1 Å². The molecule has 0 saturated carbocycles. The van der Waals surface area contributed by atoms with Crippen LogP contribution in [0.4, 0.5) is 11.4 Å². The van der Waals surface area contributed by atoms with Crippen molar-refractivity contribution < 1.29 is 39.0 Å². The minimum absolute atomic E-state index is 0. The Morgan fingerprint density at radius 1 is 1.04 bits per heavy atom. The van der Waals surface area contributed by atoms with Crippen LogP contribution in [0.25, 0.3) is 11.0 Å². The summed E-state index contributed by atoms with van der Waals surface area (Å²) in [6, 6.07) is 10.9. The summed E-state index contributed by atoms with van der Waals surface area (Å²) in [4.78, 5) is 8.00. The number of nitrogen functional groups attached to an aromatic ring is 2. The van der Waals surface area contributed by atoms with Crippen molar-refractivity contribution in [2.24, 2.45) is 5.34 Å². The average molecular weight is 356 g/mol. The molecular formula is C14H17N6NaO4. The number of H-pyrrole nitrogens is 1. The van der Waals surface area contributed by atoms with Crippen LogP contribution in [0.3, 0.4) is 0 Å². The number of nitrogens with zero attached hydrogens (tertiary/aromatic N) is 3. The second-order valence-electron chi connectivity index (χ2n) is 4.19. The number of hydrogen-bond donors (Lipinski definition) is 3. The number of para-hydroxylation sites is 2. The van der Waals surface area contributed by atoms with E-state index in [2.05, 4.69) is 15.4 Å². The van der Waals surface area contributed by atoms with Gasteiger partial charge in [-0.05, 0) is 24.3 Å². The van der Waals surface area contributed by atoms with Gasteiger partial charge in [-0.15, -0.1) is 5.34 Å². The first-order valence-electron chi connectivity index (χ1n) is 6.55. The summed E-state index contributed by atoms with van der Waals surface area (Å²) in [6.07, 6.45) is 0. The Kier molecular flexibility index (Phi) is 10.7. The molecule has 1 aromatic heterocycles. The van der Waals surface area contributed by atoms with E-state index in [1.807, 2.05) is 18.2 Å². The van der Waals surface area contributed by atoms with Crippen LogP contribution in [-0.4, -0.2) is 29.6 Å². The van der Waals surface area contributed by atoms with Crippen molar-refractivity contribution in [3.05, 3.63) is 46.5 Å². The molecule has 2 aromatic carbocycles. The Bertz CT molecular complexity index is 783. The molecule has 0 bridgehead atoms. The maximum Gasteiger partial charge on any atom is 1.00 e. The number of aromatic amines is 1. The maximum atomic E-state index is 8.00. The third kappa shape index (κ3) is 6.45. The van der Waals surface area contributed by atoms with Gasteiger partial charge >= 0.3 is 29.6 Å². The van der Waals surface area contributed by atoms with Gasteiger partial charge in [-0.3, -0.25) is 0 Å². The summed E-state index contributed by atoms with van der Waals surface area (Å²) in [5.74, 6) is 1.37. The minimum atomic E-state index is 0. The zero-order chi connectivity index (χ0) is 17.9. The SMILES string of the molecule is COc1cccc(N)c1N.COc1cccc2n[nH]nc12.O=N[O-].[Na+]. The molecule has 0 aliphatic heterocycles. The van der Waals surface area contributed by atoms with Crippen LogP contribution in [0, 0.1) is 10.1 Å². The molecule has 25 heavy (non-hydrogen) atoms. The number of nitrogens with two attached hydrogens (primary N) is 2. The van der Waals surface area contributed by atoms with E-state index in [1.54, 1.807) is 32.4 Å². The predicted octanol–water partition coefficient (Wildman–Crippen LogP) is -0.919. The van der Waals surface area contributed by atoms with Crippen molar-refractivity contribution in [3.63, 3.8) is 0 Å². The van der Waals surface area contributed by atoms with Crippen molar-refractivity contribution in [2.45, 2.75) is 0 Å². The number of anilines is 2. The van der Waals surface area contributed by atoms with Gasteiger partial charge in [0, 0.05) is 0 Å². The summed E-state index contributed by atoms with van der Waals surface area (Å²) < 4.78 is 9.98. The summed E-state index contributed by atoms with van der Waals surface area (Å²) >= 11 is 0. The first kappa shape index (κ1) is 22.4. The van der Waals surface area contributed by atoms with E-state index in [4.69, 9.17) is 31.1 Å². The van der Waals surface area contributed by atoms with Gasteiger partial charge in [0.2, 0.25) is 0 Å². The summed E-state index contributed by atoms with van der Waals surface area (Å²) in [5, 5.41) is 19.4. The molecule has 0 aliphatic rings. The van der Waals surface area contributed by atoms with E-state index >= 15 is 0 Å². The van der Waals surface area contributed by atoms with E-state index in [9.17, 15) is 0 Å². The number of nitrogens with one attached hydrogen (secondary N) is 1. The van der Waals surface area contributed by atoms with E-state index in [1.165, 1.54) is 0 Å². The molecule has 0 fully saturated rings. The van der Waals surface area contributed by atoms with Gasteiger partial charge in [0.1, 0.15) is 17.0 Å². The number of fused-ring (bicyclic) bond motifs is 1. The van der Waals surface area contributed by atoms with Gasteiger partial charge in [0.05, 0.1) is 25.6 Å². The first-order chi connectivity index (χ1) is 11.6. The van der Waals surface area contributed by atoms with Crippen molar-refractivity contribution in [1.29, 1.82) is 0 Å². The van der Waals surface area contributed by atoms with Crippen molar-refractivity contribution in [2.75, 3.05) is 25.7 Å². The second kappa shape index (κ2) is 11.9. The number of ether oxygens (including phenoxy) is 2. The Hall–Kier alpha value is -2.56. The number of rotatable bonds is 2. The Labute approximate surface area is 165 Å². The topological polar surface area (TPSA) is 165 Å². The number of benzene rings is 2. The molecule has 0 spiro atoms. The molecule has 10 nitrogen and oxygen atoms in total. The zero-order valence-corrected chi connectivity index (χ0v) is 16.1. The molecule has 3 rings (SSSR count). The molecule has 5 N–H and O–H groups in total. The van der Waals surface area contributed by atoms with Crippen LogP contribution in [0.2, 0.25) is 0 Å². The Morgan fingerprint density at radius 2 is 1.60 bits per heavy atom. The summed E-state index contributed by atoms with van der Waals surface area (Å²) in [5.41, 5.74) is 13.7. The number of hydrogen-bond acceptors (Lipinski definition) is 9. The smallest absolute Gasteiger partial charge is 0.495 e. The fraction of sp³-hybridized carbons (Fsp3) is 0.143. The maximum absolute atomic E-state index is 8.00. The van der Waals surface area contributed by atoms with E-state index in [0.29, 0.717) is 17.1 Å². The second-order valence-corrected chi connectivity index (χ2v) is 4.19. The van der Waals surface area contributed by atoms with Gasteiger partial charge in [0.25, 0.3) is 0 Å². The van der Waals surface area contributed by atoms with Gasteiger partial charge in [-0.2, -0.15) is 15.4 Å². The molecule has 11 heteroatoms. The molecule has 0 radical (unpaired) electrons. The number of methoxy groups -OCH3 is 2. The zero-order valence-electron chi connectivity index (χ0n) is 14.1. The van der Waals surface area contributed by atoms with Crippen LogP contribution >= 0.6 is 0 Å². The fourth-order valence-corrected chi connectivity index (χ4v) is 1.75. The third-order valence-corrected chi connectivity index (χ3v) is 2.85. The molecule has 0 saturated heterocycles. The van der Waals surface area contributed by atoms with Crippen LogP contribution in [-0.2, 0) is 0 Å². The first-order valence-corrected chi connectivity index (χ1v) is 6.55. The molecule has 0 amide bonds. The quantitative estimate of drug-likeness (QED) is 0.229. The molecule has 0 unspecified atom stereocenters. The van der Waals surface area contributed by atoms with Gasteiger partial charge in [-0.25, -0.2) is 0 Å². The van der Waals surface area contributed by atoms with Gasteiger partial charge in [-0.1, -0.05) is 12.1 Å². The third-order valence-electron chi connectivity index (χ3n) is 2.85. The molecule has 3 aromatic rings. The standard InChI is InChI=1S/C7H7N3O.C7H10N2O.HNO2.Na/c1-11-6-4-2-3-5-7(6)9-10-8-5;1-10-6-4-2-3-5(8)7(6)9;2-1-3;/h2-4H,1H3,(H,8,9,10);2-4H,8-9H2,1H3;(H,2,3);/q;;;+1/p-1. The summed E-state index contributed by atoms with van der Waals surface area (Å²) in [7, 11) is 3.18. The fourth-order valence-electron chi connectivity index (χ4n) is 1.75. The molecular weight excluding hydrogens is 339 g/mol. The van der Waals surface area contributed by atoms with Crippen LogP contribution in [0.15, 0.2) is 41.7 Å². The monoisotopic (exact) mass is 356 g/mol. The van der Waals surface area contributed by atoms with E-state index in [0.717, 1.165) is 22.1 Å².